The summed E-state index contributed by atoms with van der Waals surface area (Å²) in [4.78, 5) is 11.2. The summed E-state index contributed by atoms with van der Waals surface area (Å²) in [6.07, 6.45) is -3.16. The number of methoxy groups -OCH3 is 1. The summed E-state index contributed by atoms with van der Waals surface area (Å²) in [6, 6.07) is 4.55. The first kappa shape index (κ1) is 14.1. The first-order chi connectivity index (χ1) is 8.54. The average Bonchev–Trinajstić information content (AvgIpc) is 2.37. The Labute approximate surface area is 103 Å². The van der Waals surface area contributed by atoms with Crippen LogP contribution in [0.1, 0.15) is 28.7 Å². The molecule has 1 rings (SSSR count). The number of esters is 1. The Morgan fingerprint density at radius 1 is 1.56 bits per heavy atom. The van der Waals surface area contributed by atoms with Gasteiger partial charge in [-0.05, 0) is 17.2 Å². The molecule has 0 aromatic heterocycles. The van der Waals surface area contributed by atoms with E-state index >= 15 is 0 Å². The quantitative estimate of drug-likeness (QED) is 0.829. The van der Waals surface area contributed by atoms with Crippen molar-refractivity contribution in [1.82, 2.24) is 0 Å². The number of nitrogens with two attached hydrogens (primary N) is 1. The minimum Gasteiger partial charge on any atom is -0.469 e. The van der Waals surface area contributed by atoms with E-state index in [0.29, 0.717) is 0 Å². The zero-order valence-corrected chi connectivity index (χ0v) is 9.74. The highest BCUT2D eigenvalue weighted by Crippen LogP contribution is 2.29. The summed E-state index contributed by atoms with van der Waals surface area (Å²) >= 11 is 0. The molecule has 0 saturated heterocycles. The molecule has 18 heavy (non-hydrogen) atoms. The van der Waals surface area contributed by atoms with Crippen LogP contribution in [0.5, 0.6) is 0 Å². The number of carbonyl (C=O) groups is 1. The molecule has 0 heterocycles. The molecule has 2 N–H and O–H groups in total. The first-order valence-corrected chi connectivity index (χ1v) is 5.14. The van der Waals surface area contributed by atoms with Gasteiger partial charge in [0.2, 0.25) is 0 Å². The van der Waals surface area contributed by atoms with Crippen molar-refractivity contribution in [3.8, 4) is 6.07 Å². The van der Waals surface area contributed by atoms with E-state index in [2.05, 4.69) is 4.74 Å². The lowest BCUT2D eigenvalue weighted by Gasteiger charge is -2.14. The Balaban J connectivity index is 3.41. The number of benzene rings is 1. The maximum atomic E-state index is 13.0. The zero-order chi connectivity index (χ0) is 13.7. The molecule has 0 bridgehead atoms. The fourth-order valence-electron chi connectivity index (χ4n) is 1.67. The Morgan fingerprint density at radius 2 is 2.22 bits per heavy atom. The van der Waals surface area contributed by atoms with Gasteiger partial charge in [0.15, 0.2) is 0 Å². The molecule has 1 aromatic rings. The van der Waals surface area contributed by atoms with Crippen LogP contribution >= 0.6 is 0 Å². The molecule has 0 saturated carbocycles. The smallest absolute Gasteiger partial charge is 0.310 e. The van der Waals surface area contributed by atoms with E-state index in [1.165, 1.54) is 12.1 Å². The average molecular weight is 254 g/mol. The number of rotatable bonds is 4. The first-order valence-electron chi connectivity index (χ1n) is 5.14. The summed E-state index contributed by atoms with van der Waals surface area (Å²) in [6.45, 7) is -0.0838. The number of nitriles is 1. The molecule has 1 aromatic carbocycles. The van der Waals surface area contributed by atoms with Crippen LogP contribution in [0.25, 0.3) is 0 Å². The maximum Gasteiger partial charge on any atom is 0.310 e. The molecule has 0 aliphatic rings. The number of hydrogen-bond acceptors (Lipinski definition) is 4. The maximum absolute atomic E-state index is 13.0. The van der Waals surface area contributed by atoms with Crippen LogP contribution in [0.3, 0.4) is 0 Å². The molecule has 0 aliphatic heterocycles. The van der Waals surface area contributed by atoms with Gasteiger partial charge in [-0.1, -0.05) is 6.07 Å². The van der Waals surface area contributed by atoms with Crippen LogP contribution < -0.4 is 5.73 Å². The Morgan fingerprint density at radius 3 is 2.67 bits per heavy atom. The summed E-state index contributed by atoms with van der Waals surface area (Å²) in [5.74, 6) is -0.678. The van der Waals surface area contributed by atoms with Crippen LogP contribution in [0.15, 0.2) is 12.1 Å². The number of nitrogens with zero attached hydrogens (tertiary/aromatic N) is 1. The molecular formula is C12H12F2N2O2. The fourth-order valence-corrected chi connectivity index (χ4v) is 1.67. The summed E-state index contributed by atoms with van der Waals surface area (Å²) in [5.41, 5.74) is 5.28. The third kappa shape index (κ3) is 2.81. The Kier molecular flexibility index (Phi) is 4.75. The van der Waals surface area contributed by atoms with Crippen LogP contribution in [0.4, 0.5) is 8.78 Å². The van der Waals surface area contributed by atoms with Gasteiger partial charge < -0.3 is 10.5 Å². The number of carbonyl (C=O) groups excluding carboxylic acids is 1. The van der Waals surface area contributed by atoms with Crippen LogP contribution in [0.2, 0.25) is 0 Å². The van der Waals surface area contributed by atoms with Gasteiger partial charge in [-0.25, -0.2) is 8.78 Å². The van der Waals surface area contributed by atoms with E-state index in [1.54, 1.807) is 6.07 Å². The van der Waals surface area contributed by atoms with Gasteiger partial charge in [-0.2, -0.15) is 5.26 Å². The van der Waals surface area contributed by atoms with E-state index in [-0.39, 0.29) is 35.2 Å². The lowest BCUT2D eigenvalue weighted by molar-refractivity contribution is -0.139. The van der Waals surface area contributed by atoms with Crippen molar-refractivity contribution in [1.29, 1.82) is 5.26 Å². The molecule has 4 nitrogen and oxygen atoms in total. The van der Waals surface area contributed by atoms with E-state index in [0.717, 1.165) is 7.11 Å². The lowest BCUT2D eigenvalue weighted by atomic mass is 9.94. The van der Waals surface area contributed by atoms with Crippen molar-refractivity contribution < 1.29 is 18.3 Å². The number of hydrogen-bond donors (Lipinski definition) is 1. The second kappa shape index (κ2) is 6.07. The fraction of sp³-hybridized carbons (Fsp3) is 0.333. The van der Waals surface area contributed by atoms with Gasteiger partial charge in [0.1, 0.15) is 0 Å². The molecule has 0 aliphatic carbocycles. The predicted octanol–water partition coefficient (Wildman–Crippen LogP) is 1.67. The van der Waals surface area contributed by atoms with E-state index in [9.17, 15) is 13.6 Å². The van der Waals surface area contributed by atoms with Crippen molar-refractivity contribution in [2.24, 2.45) is 5.73 Å². The second-order valence-electron chi connectivity index (χ2n) is 3.53. The van der Waals surface area contributed by atoms with Crippen LogP contribution in [-0.4, -0.2) is 13.1 Å². The molecule has 96 valence electrons. The van der Waals surface area contributed by atoms with Gasteiger partial charge in [0.25, 0.3) is 6.43 Å². The largest absolute Gasteiger partial charge is 0.469 e. The molecule has 0 fully saturated rings. The minimum absolute atomic E-state index is 0.0118. The van der Waals surface area contributed by atoms with Crippen molar-refractivity contribution in [2.45, 2.75) is 19.4 Å². The third-order valence-electron chi connectivity index (χ3n) is 2.55. The van der Waals surface area contributed by atoms with E-state index in [4.69, 9.17) is 11.0 Å². The van der Waals surface area contributed by atoms with Gasteiger partial charge in [0.05, 0.1) is 25.2 Å². The molecule has 0 atom stereocenters. The molecule has 0 unspecified atom stereocenters. The summed E-state index contributed by atoms with van der Waals surface area (Å²) in [5, 5.41) is 8.90. The summed E-state index contributed by atoms with van der Waals surface area (Å²) < 4.78 is 30.5. The molecule has 0 spiro atoms. The van der Waals surface area contributed by atoms with Gasteiger partial charge in [-0.15, -0.1) is 0 Å². The van der Waals surface area contributed by atoms with Gasteiger partial charge in [0, 0.05) is 12.1 Å². The van der Waals surface area contributed by atoms with Gasteiger partial charge in [-0.3, -0.25) is 4.79 Å². The van der Waals surface area contributed by atoms with Crippen molar-refractivity contribution in [2.75, 3.05) is 7.11 Å². The van der Waals surface area contributed by atoms with Crippen molar-refractivity contribution >= 4 is 5.97 Å². The van der Waals surface area contributed by atoms with Crippen molar-refractivity contribution in [3.05, 3.63) is 34.4 Å². The predicted molar refractivity (Wildman–Crippen MR) is 59.7 cm³/mol. The van der Waals surface area contributed by atoms with E-state index in [1.807, 2.05) is 0 Å². The molecule has 0 radical (unpaired) electrons. The van der Waals surface area contributed by atoms with Crippen LogP contribution in [-0.2, 0) is 22.5 Å². The van der Waals surface area contributed by atoms with E-state index < -0.39 is 12.4 Å². The second-order valence-corrected chi connectivity index (χ2v) is 3.53. The minimum atomic E-state index is -2.79. The Hall–Kier alpha value is -2.00. The lowest BCUT2D eigenvalue weighted by Crippen LogP contribution is -2.12. The SMILES string of the molecule is COC(=O)Cc1c(C#N)ccc(CN)c1C(F)F. The van der Waals surface area contributed by atoms with Crippen molar-refractivity contribution in [3.63, 3.8) is 0 Å². The Bertz CT molecular complexity index is 496. The topological polar surface area (TPSA) is 76.1 Å². The van der Waals surface area contributed by atoms with Crippen LogP contribution in [0, 0.1) is 11.3 Å². The molecule has 0 amide bonds. The highest BCUT2D eigenvalue weighted by molar-refractivity contribution is 5.74. The molecule has 6 heteroatoms. The number of ether oxygens (including phenoxy) is 1. The standard InChI is InChI=1S/C12H12F2N2O2/c1-18-10(17)4-9-7(5-15)2-3-8(6-16)11(9)12(13)14/h2-3,12H,4,6,16H2,1H3. The summed E-state index contributed by atoms with van der Waals surface area (Å²) in [7, 11) is 1.16. The molecular weight excluding hydrogens is 242 g/mol. The number of alkyl halides is 2. The zero-order valence-electron chi connectivity index (χ0n) is 9.74. The number of halogens is 2. The third-order valence-corrected chi connectivity index (χ3v) is 2.55. The highest BCUT2D eigenvalue weighted by atomic mass is 19.3. The monoisotopic (exact) mass is 254 g/mol. The highest BCUT2D eigenvalue weighted by Gasteiger charge is 2.22. The normalized spacial score (nSPS) is 10.2. The van der Waals surface area contributed by atoms with Gasteiger partial charge >= 0.3 is 5.97 Å².